The minimum absolute atomic E-state index is 0.271. The van der Waals surface area contributed by atoms with Gasteiger partial charge in [-0.2, -0.15) is 0 Å². The molecule has 0 saturated carbocycles. The number of hydrogen-bond acceptors (Lipinski definition) is 4. The number of carbonyl (C=O) groups is 1. The zero-order chi connectivity index (χ0) is 12.4. The van der Waals surface area contributed by atoms with Crippen molar-refractivity contribution in [1.82, 2.24) is 5.16 Å². The Morgan fingerprint density at radius 3 is 2.71 bits per heavy atom. The molecule has 0 radical (unpaired) electrons. The van der Waals surface area contributed by atoms with E-state index < -0.39 is 0 Å². The van der Waals surface area contributed by atoms with Crippen molar-refractivity contribution < 1.29 is 9.32 Å². The average molecular weight is 231 g/mol. The van der Waals surface area contributed by atoms with Gasteiger partial charge in [0.1, 0.15) is 0 Å². The molecule has 3 N–H and O–H groups in total. The maximum Gasteiger partial charge on any atom is 0.258 e. The molecule has 2 rings (SSSR count). The zero-order valence-corrected chi connectivity index (χ0v) is 9.65. The fourth-order valence-corrected chi connectivity index (χ4v) is 1.39. The highest BCUT2D eigenvalue weighted by Crippen LogP contribution is 2.15. The van der Waals surface area contributed by atoms with Crippen molar-refractivity contribution in [2.75, 3.05) is 11.1 Å². The van der Waals surface area contributed by atoms with Gasteiger partial charge in [0.15, 0.2) is 0 Å². The molecule has 2 aromatic rings. The minimum atomic E-state index is -0.271. The molecule has 0 unspecified atom stereocenters. The van der Waals surface area contributed by atoms with Crippen LogP contribution in [0.25, 0.3) is 0 Å². The number of carbonyl (C=O) groups excluding carboxylic acids is 1. The van der Waals surface area contributed by atoms with Gasteiger partial charge in [0.05, 0.1) is 5.69 Å². The van der Waals surface area contributed by atoms with Crippen LogP contribution in [0, 0.1) is 13.8 Å². The Hall–Kier alpha value is -2.30. The summed E-state index contributed by atoms with van der Waals surface area (Å²) in [7, 11) is 0. The second-order valence-corrected chi connectivity index (χ2v) is 3.86. The molecule has 1 aromatic carbocycles. The highest BCUT2D eigenvalue weighted by Gasteiger charge is 2.09. The molecule has 88 valence electrons. The van der Waals surface area contributed by atoms with E-state index in [-0.39, 0.29) is 5.91 Å². The summed E-state index contributed by atoms with van der Waals surface area (Å²) in [5, 5.41) is 6.28. The molecule has 1 aromatic heterocycles. The van der Waals surface area contributed by atoms with Gasteiger partial charge in [-0.1, -0.05) is 11.2 Å². The fourth-order valence-electron chi connectivity index (χ4n) is 1.39. The molecule has 0 aliphatic carbocycles. The predicted octanol–water partition coefficient (Wildman–Crippen LogP) is 2.13. The van der Waals surface area contributed by atoms with E-state index in [0.29, 0.717) is 22.8 Å². The van der Waals surface area contributed by atoms with Crippen LogP contribution in [0.4, 0.5) is 11.6 Å². The number of amides is 1. The van der Waals surface area contributed by atoms with Gasteiger partial charge in [-0.25, -0.2) is 0 Å². The van der Waals surface area contributed by atoms with E-state index in [1.807, 2.05) is 6.92 Å². The van der Waals surface area contributed by atoms with E-state index in [4.69, 9.17) is 10.3 Å². The second kappa shape index (κ2) is 4.29. The molecule has 0 aliphatic heterocycles. The van der Waals surface area contributed by atoms with Crippen molar-refractivity contribution in [3.63, 3.8) is 0 Å². The van der Waals surface area contributed by atoms with Crippen LogP contribution in [0.15, 0.2) is 28.8 Å². The van der Waals surface area contributed by atoms with Gasteiger partial charge < -0.3 is 10.3 Å². The van der Waals surface area contributed by atoms with Gasteiger partial charge in [-0.3, -0.25) is 10.1 Å². The molecule has 5 heteroatoms. The lowest BCUT2D eigenvalue weighted by atomic mass is 10.1. The van der Waals surface area contributed by atoms with Crippen molar-refractivity contribution in [2.45, 2.75) is 13.8 Å². The molecule has 17 heavy (non-hydrogen) atoms. The molecule has 0 atom stereocenters. The standard InChI is InChI=1S/C12H13N3O2/c1-7-3-4-9(6-10(7)13)12(16)14-11-5-8(2)15-17-11/h3-6H,13H2,1-2H3,(H,14,16). The first kappa shape index (κ1) is 11.2. The number of nitrogens with zero attached hydrogens (tertiary/aromatic N) is 1. The van der Waals surface area contributed by atoms with E-state index in [1.165, 1.54) is 0 Å². The smallest absolute Gasteiger partial charge is 0.258 e. The lowest BCUT2D eigenvalue weighted by Crippen LogP contribution is -2.11. The van der Waals surface area contributed by atoms with Gasteiger partial charge >= 0.3 is 0 Å². The Kier molecular flexibility index (Phi) is 2.82. The summed E-state index contributed by atoms with van der Waals surface area (Å²) in [6.07, 6.45) is 0. The van der Waals surface area contributed by atoms with Crippen LogP contribution >= 0.6 is 0 Å². The summed E-state index contributed by atoms with van der Waals surface area (Å²) >= 11 is 0. The molecule has 5 nitrogen and oxygen atoms in total. The first-order valence-electron chi connectivity index (χ1n) is 5.17. The number of hydrogen-bond donors (Lipinski definition) is 2. The van der Waals surface area contributed by atoms with E-state index in [2.05, 4.69) is 10.5 Å². The molecule has 0 fully saturated rings. The van der Waals surface area contributed by atoms with Crippen molar-refractivity contribution in [2.24, 2.45) is 0 Å². The maximum atomic E-state index is 11.8. The van der Waals surface area contributed by atoms with Crippen molar-refractivity contribution >= 4 is 17.5 Å². The normalized spacial score (nSPS) is 10.2. The van der Waals surface area contributed by atoms with Crippen LogP contribution in [0.2, 0.25) is 0 Å². The summed E-state index contributed by atoms with van der Waals surface area (Å²) in [4.78, 5) is 11.8. The van der Waals surface area contributed by atoms with Crippen LogP contribution < -0.4 is 11.1 Å². The van der Waals surface area contributed by atoms with Gasteiger partial charge in [0, 0.05) is 17.3 Å². The number of nitrogens with one attached hydrogen (secondary N) is 1. The van der Waals surface area contributed by atoms with Gasteiger partial charge in [-0.05, 0) is 31.5 Å². The molecule has 0 saturated heterocycles. The Morgan fingerprint density at radius 1 is 1.35 bits per heavy atom. The third-order valence-electron chi connectivity index (χ3n) is 2.41. The lowest BCUT2D eigenvalue weighted by Gasteiger charge is -2.04. The number of anilines is 2. The van der Waals surface area contributed by atoms with Crippen LogP contribution in [0.3, 0.4) is 0 Å². The highest BCUT2D eigenvalue weighted by molar-refractivity contribution is 6.04. The van der Waals surface area contributed by atoms with Crippen LogP contribution in [-0.4, -0.2) is 11.1 Å². The number of nitrogens with two attached hydrogens (primary N) is 1. The van der Waals surface area contributed by atoms with Crippen molar-refractivity contribution in [3.05, 3.63) is 41.1 Å². The number of nitrogen functional groups attached to an aromatic ring is 1. The van der Waals surface area contributed by atoms with Crippen LogP contribution in [0.5, 0.6) is 0 Å². The molecule has 1 amide bonds. The SMILES string of the molecule is Cc1cc(NC(=O)c2ccc(C)c(N)c2)on1. The molecular weight excluding hydrogens is 218 g/mol. The highest BCUT2D eigenvalue weighted by atomic mass is 16.5. The van der Waals surface area contributed by atoms with E-state index in [1.54, 1.807) is 31.2 Å². The third-order valence-corrected chi connectivity index (χ3v) is 2.41. The Bertz CT molecular complexity index is 561. The van der Waals surface area contributed by atoms with Crippen LogP contribution in [-0.2, 0) is 0 Å². The molecule has 0 spiro atoms. The fraction of sp³-hybridized carbons (Fsp3) is 0.167. The van der Waals surface area contributed by atoms with Gasteiger partial charge in [0.2, 0.25) is 5.88 Å². The van der Waals surface area contributed by atoms with Crippen molar-refractivity contribution in [3.8, 4) is 0 Å². The van der Waals surface area contributed by atoms with E-state index >= 15 is 0 Å². The number of aryl methyl sites for hydroxylation is 2. The molecule has 0 aliphatic rings. The predicted molar refractivity (Wildman–Crippen MR) is 64.8 cm³/mol. The largest absolute Gasteiger partial charge is 0.398 e. The monoisotopic (exact) mass is 231 g/mol. The molecular formula is C12H13N3O2. The topological polar surface area (TPSA) is 81.2 Å². The second-order valence-electron chi connectivity index (χ2n) is 3.86. The summed E-state index contributed by atoms with van der Waals surface area (Å²) in [5.74, 6) is 0.0551. The summed E-state index contributed by atoms with van der Waals surface area (Å²) < 4.78 is 4.90. The lowest BCUT2D eigenvalue weighted by molar-refractivity contribution is 0.102. The summed E-state index contributed by atoms with van der Waals surface area (Å²) in [6.45, 7) is 3.67. The Balaban J connectivity index is 2.17. The van der Waals surface area contributed by atoms with E-state index in [9.17, 15) is 4.79 Å². The minimum Gasteiger partial charge on any atom is -0.398 e. The Morgan fingerprint density at radius 2 is 2.12 bits per heavy atom. The first-order valence-corrected chi connectivity index (χ1v) is 5.17. The first-order chi connectivity index (χ1) is 8.06. The summed E-state index contributed by atoms with van der Waals surface area (Å²) in [5.41, 5.74) is 8.47. The quantitative estimate of drug-likeness (QED) is 0.776. The number of rotatable bonds is 2. The third kappa shape index (κ3) is 2.44. The number of aromatic nitrogens is 1. The van der Waals surface area contributed by atoms with Gasteiger partial charge in [0.25, 0.3) is 5.91 Å². The maximum absolute atomic E-state index is 11.8. The summed E-state index contributed by atoms with van der Waals surface area (Å²) in [6, 6.07) is 6.80. The van der Waals surface area contributed by atoms with Crippen molar-refractivity contribution in [1.29, 1.82) is 0 Å². The van der Waals surface area contributed by atoms with E-state index in [0.717, 1.165) is 5.56 Å². The molecule has 1 heterocycles. The Labute approximate surface area is 98.6 Å². The number of benzene rings is 1. The average Bonchev–Trinajstić information content (AvgIpc) is 2.68. The van der Waals surface area contributed by atoms with Crippen LogP contribution in [0.1, 0.15) is 21.6 Å². The zero-order valence-electron chi connectivity index (χ0n) is 9.65. The van der Waals surface area contributed by atoms with Gasteiger partial charge in [-0.15, -0.1) is 0 Å². The molecule has 0 bridgehead atoms.